The van der Waals surface area contributed by atoms with Crippen LogP contribution in [0, 0.1) is 4.91 Å². The highest BCUT2D eigenvalue weighted by Crippen LogP contribution is 2.13. The molecule has 0 aliphatic rings. The van der Waals surface area contributed by atoms with Crippen LogP contribution >= 0.6 is 0 Å². The van der Waals surface area contributed by atoms with E-state index in [4.69, 9.17) is 0 Å². The molecule has 11 heavy (non-hydrogen) atoms. The van der Waals surface area contributed by atoms with Crippen molar-refractivity contribution in [3.63, 3.8) is 0 Å². The molecule has 0 amide bonds. The highest BCUT2D eigenvalue weighted by atomic mass is 19.3. The van der Waals surface area contributed by atoms with Crippen molar-refractivity contribution in [3.8, 4) is 0 Å². The van der Waals surface area contributed by atoms with Crippen molar-refractivity contribution in [1.29, 1.82) is 0 Å². The Morgan fingerprint density at radius 2 is 2.36 bits per heavy atom. The number of halogens is 1. The fraction of sp³-hybridized carbons (Fsp3) is 0.143. The summed E-state index contributed by atoms with van der Waals surface area (Å²) >= 11 is 0. The van der Waals surface area contributed by atoms with E-state index in [1.165, 1.54) is 12.1 Å². The van der Waals surface area contributed by atoms with Gasteiger partial charge in [-0.15, -0.1) is 4.91 Å². The van der Waals surface area contributed by atoms with Crippen LogP contribution in [0.4, 0.5) is 10.2 Å². The average Bonchev–Trinajstić information content (AvgIpc) is 2.06. The number of hydrogen-bond donors (Lipinski definition) is 0. The van der Waals surface area contributed by atoms with Gasteiger partial charge in [-0.05, 0) is 27.4 Å². The second-order valence-electron chi connectivity index (χ2n) is 2.01. The SMILES string of the molecule is O=Nc1cccc(COF)c1. The van der Waals surface area contributed by atoms with Crippen LogP contribution in [0.15, 0.2) is 29.4 Å². The molecule has 0 unspecified atom stereocenters. The van der Waals surface area contributed by atoms with Crippen LogP contribution < -0.4 is 0 Å². The molecule has 1 aromatic carbocycles. The molecule has 0 N–H and O–H groups in total. The molecule has 1 aromatic rings. The van der Waals surface area contributed by atoms with E-state index in [0.717, 1.165) is 0 Å². The molecule has 4 heteroatoms. The highest BCUT2D eigenvalue weighted by molar-refractivity contribution is 5.39. The lowest BCUT2D eigenvalue weighted by Gasteiger charge is -1.94. The maximum Gasteiger partial charge on any atom is 0.113 e. The second-order valence-corrected chi connectivity index (χ2v) is 2.01. The third kappa shape index (κ3) is 2.09. The monoisotopic (exact) mass is 155 g/mol. The van der Waals surface area contributed by atoms with E-state index in [-0.39, 0.29) is 12.3 Å². The molecule has 0 aliphatic carbocycles. The minimum atomic E-state index is -0.149. The normalized spacial score (nSPS) is 9.55. The van der Waals surface area contributed by atoms with E-state index in [0.29, 0.717) is 5.56 Å². The summed E-state index contributed by atoms with van der Waals surface area (Å²) in [5.74, 6) is 0. The van der Waals surface area contributed by atoms with Crippen molar-refractivity contribution >= 4 is 5.69 Å². The van der Waals surface area contributed by atoms with E-state index in [1.54, 1.807) is 12.1 Å². The van der Waals surface area contributed by atoms with Crippen LogP contribution in [-0.2, 0) is 11.5 Å². The van der Waals surface area contributed by atoms with Gasteiger partial charge in [-0.1, -0.05) is 12.1 Å². The predicted molar refractivity (Wildman–Crippen MR) is 37.8 cm³/mol. The van der Waals surface area contributed by atoms with Gasteiger partial charge in [0, 0.05) is 0 Å². The van der Waals surface area contributed by atoms with E-state index in [1.807, 2.05) is 0 Å². The van der Waals surface area contributed by atoms with Gasteiger partial charge in [-0.3, -0.25) is 0 Å². The van der Waals surface area contributed by atoms with Gasteiger partial charge < -0.3 is 0 Å². The third-order valence-corrected chi connectivity index (χ3v) is 1.24. The Hall–Kier alpha value is -1.29. The summed E-state index contributed by atoms with van der Waals surface area (Å²) < 4.78 is 11.3. The Balaban J connectivity index is 2.82. The minimum absolute atomic E-state index is 0.149. The predicted octanol–water partition coefficient (Wildman–Crippen LogP) is 2.49. The van der Waals surface area contributed by atoms with Crippen molar-refractivity contribution < 1.29 is 9.47 Å². The first-order chi connectivity index (χ1) is 5.36. The van der Waals surface area contributed by atoms with Crippen LogP contribution in [0.5, 0.6) is 0 Å². The molecule has 0 radical (unpaired) electrons. The smallest absolute Gasteiger partial charge is 0.113 e. The van der Waals surface area contributed by atoms with E-state index >= 15 is 0 Å². The van der Waals surface area contributed by atoms with E-state index < -0.39 is 0 Å². The van der Waals surface area contributed by atoms with Gasteiger partial charge in [0.25, 0.3) is 0 Å². The van der Waals surface area contributed by atoms with Gasteiger partial charge in [0.05, 0.1) is 0 Å². The van der Waals surface area contributed by atoms with Gasteiger partial charge in [0.1, 0.15) is 12.3 Å². The number of nitroso groups, excluding NO2 is 1. The lowest BCUT2D eigenvalue weighted by molar-refractivity contribution is -0.144. The summed E-state index contributed by atoms with van der Waals surface area (Å²) in [7, 11) is 0. The fourth-order valence-electron chi connectivity index (χ4n) is 0.766. The molecular weight excluding hydrogens is 149 g/mol. The zero-order valence-corrected chi connectivity index (χ0v) is 5.66. The summed E-state index contributed by atoms with van der Waals surface area (Å²) in [5, 5.41) is 2.69. The lowest BCUT2D eigenvalue weighted by atomic mass is 10.2. The summed E-state index contributed by atoms with van der Waals surface area (Å²) in [6, 6.07) is 6.26. The van der Waals surface area contributed by atoms with Crippen molar-refractivity contribution in [3.05, 3.63) is 34.7 Å². The van der Waals surface area contributed by atoms with E-state index in [2.05, 4.69) is 10.1 Å². The van der Waals surface area contributed by atoms with Crippen LogP contribution in [0.1, 0.15) is 5.56 Å². The van der Waals surface area contributed by atoms with Crippen LogP contribution in [0.2, 0.25) is 0 Å². The molecule has 58 valence electrons. The molecule has 0 atom stereocenters. The van der Waals surface area contributed by atoms with Crippen molar-refractivity contribution in [2.45, 2.75) is 6.61 Å². The molecule has 3 nitrogen and oxygen atoms in total. The Morgan fingerprint density at radius 3 is 3.00 bits per heavy atom. The van der Waals surface area contributed by atoms with E-state index in [9.17, 15) is 9.43 Å². The molecule has 1 rings (SSSR count). The van der Waals surface area contributed by atoms with Gasteiger partial charge in [-0.2, -0.15) is 4.94 Å². The van der Waals surface area contributed by atoms with Crippen molar-refractivity contribution in [2.75, 3.05) is 0 Å². The van der Waals surface area contributed by atoms with Gasteiger partial charge in [-0.25, -0.2) is 0 Å². The quantitative estimate of drug-likeness (QED) is 0.629. The number of nitrogens with zero attached hydrogens (tertiary/aromatic N) is 1. The van der Waals surface area contributed by atoms with Crippen LogP contribution in [0.25, 0.3) is 0 Å². The number of benzene rings is 1. The molecular formula is C7H6FNO2. The molecule has 0 aliphatic heterocycles. The maximum atomic E-state index is 11.3. The molecule has 0 aromatic heterocycles. The molecule has 0 spiro atoms. The zero-order valence-electron chi connectivity index (χ0n) is 5.66. The first-order valence-electron chi connectivity index (χ1n) is 3.02. The Morgan fingerprint density at radius 1 is 1.55 bits per heavy atom. The minimum Gasteiger partial charge on any atom is -0.189 e. The second kappa shape index (κ2) is 3.78. The summed E-state index contributed by atoms with van der Waals surface area (Å²) in [5.41, 5.74) is 0.865. The fourth-order valence-corrected chi connectivity index (χ4v) is 0.766. The van der Waals surface area contributed by atoms with Gasteiger partial charge >= 0.3 is 0 Å². The molecule has 0 fully saturated rings. The summed E-state index contributed by atoms with van der Waals surface area (Å²) in [6.45, 7) is -0.149. The zero-order chi connectivity index (χ0) is 8.10. The largest absolute Gasteiger partial charge is 0.189 e. The first-order valence-corrected chi connectivity index (χ1v) is 3.02. The standard InChI is InChI=1S/C7H6FNO2/c8-11-5-6-2-1-3-7(4-6)9-10/h1-4H,5H2. The summed E-state index contributed by atoms with van der Waals surface area (Å²) in [6.07, 6.45) is 0. The topological polar surface area (TPSA) is 38.7 Å². The number of rotatable bonds is 3. The molecule has 0 bridgehead atoms. The maximum absolute atomic E-state index is 11.3. The van der Waals surface area contributed by atoms with Crippen molar-refractivity contribution in [2.24, 2.45) is 5.18 Å². The first kappa shape index (κ1) is 7.81. The van der Waals surface area contributed by atoms with Crippen LogP contribution in [0.3, 0.4) is 0 Å². The van der Waals surface area contributed by atoms with Gasteiger partial charge in [0.2, 0.25) is 0 Å². The van der Waals surface area contributed by atoms with Crippen molar-refractivity contribution in [1.82, 2.24) is 0 Å². The van der Waals surface area contributed by atoms with Gasteiger partial charge in [0.15, 0.2) is 0 Å². The highest BCUT2D eigenvalue weighted by Gasteiger charge is 1.94. The molecule has 0 saturated heterocycles. The van der Waals surface area contributed by atoms with Crippen LogP contribution in [-0.4, -0.2) is 0 Å². The molecule has 0 heterocycles. The number of hydrogen-bond acceptors (Lipinski definition) is 3. The Labute approximate surface area is 62.7 Å². The Kier molecular flexibility index (Phi) is 2.68. The summed E-state index contributed by atoms with van der Waals surface area (Å²) in [4.78, 5) is 13.4. The Bertz CT molecular complexity index is 252. The molecule has 0 saturated carbocycles. The average molecular weight is 155 g/mol. The third-order valence-electron chi connectivity index (χ3n) is 1.24. The lowest BCUT2D eigenvalue weighted by Crippen LogP contribution is -1.82.